The zero-order valence-electron chi connectivity index (χ0n) is 15.6. The Morgan fingerprint density at radius 1 is 1.37 bits per heavy atom. The van der Waals surface area contributed by atoms with Gasteiger partial charge in [0.15, 0.2) is 0 Å². The van der Waals surface area contributed by atoms with E-state index < -0.39 is 10.0 Å². The summed E-state index contributed by atoms with van der Waals surface area (Å²) in [7, 11) is -3.58. The predicted molar refractivity (Wildman–Crippen MR) is 102 cm³/mol. The number of sulfonamides is 1. The van der Waals surface area contributed by atoms with Crippen LogP contribution in [0.2, 0.25) is 0 Å². The van der Waals surface area contributed by atoms with Crippen molar-refractivity contribution in [1.29, 1.82) is 0 Å². The first-order valence-corrected chi connectivity index (χ1v) is 10.8. The molecule has 1 aromatic heterocycles. The second kappa shape index (κ2) is 6.76. The van der Waals surface area contributed by atoms with E-state index in [0.717, 1.165) is 36.5 Å². The van der Waals surface area contributed by atoms with Crippen molar-refractivity contribution in [3.05, 3.63) is 42.0 Å². The van der Waals surface area contributed by atoms with Crippen LogP contribution in [0.25, 0.3) is 0 Å². The molecule has 2 aliphatic heterocycles. The van der Waals surface area contributed by atoms with Gasteiger partial charge in [0.25, 0.3) is 0 Å². The van der Waals surface area contributed by atoms with E-state index in [1.54, 1.807) is 29.3 Å². The van der Waals surface area contributed by atoms with Crippen molar-refractivity contribution in [2.45, 2.75) is 50.6 Å². The van der Waals surface area contributed by atoms with E-state index in [-0.39, 0.29) is 22.8 Å². The summed E-state index contributed by atoms with van der Waals surface area (Å²) < 4.78 is 30.4. The molecule has 2 atom stereocenters. The minimum atomic E-state index is -3.58. The first-order chi connectivity index (χ1) is 12.8. The number of rotatable bonds is 4. The Kier molecular flexibility index (Phi) is 4.55. The fraction of sp³-hybridized carbons (Fsp3) is 0.474. The van der Waals surface area contributed by atoms with Crippen LogP contribution in [0.4, 0.5) is 5.69 Å². The number of nitrogens with one attached hydrogen (secondary N) is 1. The summed E-state index contributed by atoms with van der Waals surface area (Å²) in [5.74, 6) is 1.30. The summed E-state index contributed by atoms with van der Waals surface area (Å²) in [5.41, 5.74) is 1.72. The molecule has 1 aromatic carbocycles. The van der Waals surface area contributed by atoms with Gasteiger partial charge in [-0.3, -0.25) is 4.79 Å². The molecule has 4 rings (SSSR count). The van der Waals surface area contributed by atoms with Gasteiger partial charge in [-0.25, -0.2) is 18.1 Å². The summed E-state index contributed by atoms with van der Waals surface area (Å²) in [5, 5.41) is 0. The minimum absolute atomic E-state index is 0.0221. The van der Waals surface area contributed by atoms with E-state index in [2.05, 4.69) is 14.3 Å². The molecule has 0 unspecified atom stereocenters. The van der Waals surface area contributed by atoms with Crippen LogP contribution >= 0.6 is 0 Å². The molecule has 144 valence electrons. The highest BCUT2D eigenvalue weighted by Gasteiger charge is 2.30. The molecule has 8 heteroatoms. The Labute approximate surface area is 159 Å². The Balaban J connectivity index is 1.47. The van der Waals surface area contributed by atoms with Gasteiger partial charge in [0.2, 0.25) is 15.9 Å². The number of nitrogens with zero attached hydrogens (tertiary/aromatic N) is 3. The Morgan fingerprint density at radius 3 is 2.96 bits per heavy atom. The number of fused-ring (bicyclic) bond motifs is 2. The second-order valence-electron chi connectivity index (χ2n) is 7.49. The number of hydrogen-bond acceptors (Lipinski definition) is 4. The molecule has 0 bridgehead atoms. The quantitative estimate of drug-likeness (QED) is 0.864. The molecular weight excluding hydrogens is 364 g/mol. The van der Waals surface area contributed by atoms with Gasteiger partial charge in [0.05, 0.1) is 4.90 Å². The van der Waals surface area contributed by atoms with Crippen molar-refractivity contribution < 1.29 is 13.2 Å². The standard InChI is InChI=1S/C19H24N4O3S/c1-13-9-16-10-17(4-5-18(16)23(13)14(2)24)27(25,26)21-11-15-3-6-19-20-7-8-22(19)12-15/h4-5,7-8,10,13,15,21H,3,6,9,11-12H2,1-2H3/t13-,15-/m1/s1. The molecular formula is C19H24N4O3S. The van der Waals surface area contributed by atoms with Gasteiger partial charge >= 0.3 is 0 Å². The number of aromatic nitrogens is 2. The molecule has 1 amide bonds. The van der Waals surface area contributed by atoms with E-state index in [1.165, 1.54) is 6.92 Å². The largest absolute Gasteiger partial charge is 0.335 e. The predicted octanol–water partition coefficient (Wildman–Crippen LogP) is 1.72. The van der Waals surface area contributed by atoms with Crippen molar-refractivity contribution in [2.75, 3.05) is 11.4 Å². The highest BCUT2D eigenvalue weighted by molar-refractivity contribution is 7.89. The van der Waals surface area contributed by atoms with E-state index in [0.29, 0.717) is 13.0 Å². The highest BCUT2D eigenvalue weighted by Crippen LogP contribution is 2.33. The van der Waals surface area contributed by atoms with Crippen LogP contribution in [0.3, 0.4) is 0 Å². The van der Waals surface area contributed by atoms with E-state index in [4.69, 9.17) is 0 Å². The molecule has 0 radical (unpaired) electrons. The monoisotopic (exact) mass is 388 g/mol. The normalized spacial score (nSPS) is 21.8. The first-order valence-electron chi connectivity index (χ1n) is 9.27. The van der Waals surface area contributed by atoms with Crippen LogP contribution in [-0.2, 0) is 34.2 Å². The fourth-order valence-corrected chi connectivity index (χ4v) is 5.34. The van der Waals surface area contributed by atoms with Gasteiger partial charge < -0.3 is 9.47 Å². The number of carbonyl (C=O) groups is 1. The highest BCUT2D eigenvalue weighted by atomic mass is 32.2. The van der Waals surface area contributed by atoms with Crippen molar-refractivity contribution in [2.24, 2.45) is 5.92 Å². The smallest absolute Gasteiger partial charge is 0.240 e. The number of amides is 1. The average molecular weight is 388 g/mol. The molecule has 0 saturated carbocycles. The Morgan fingerprint density at radius 2 is 2.19 bits per heavy atom. The summed E-state index contributed by atoms with van der Waals surface area (Å²) in [6.07, 6.45) is 6.20. The summed E-state index contributed by atoms with van der Waals surface area (Å²) >= 11 is 0. The molecule has 27 heavy (non-hydrogen) atoms. The number of benzene rings is 1. The summed E-state index contributed by atoms with van der Waals surface area (Å²) in [4.78, 5) is 18.1. The van der Waals surface area contributed by atoms with E-state index in [9.17, 15) is 13.2 Å². The molecule has 2 aliphatic rings. The first kappa shape index (κ1) is 18.2. The number of hydrogen-bond donors (Lipinski definition) is 1. The van der Waals surface area contributed by atoms with Gasteiger partial charge in [0, 0.05) is 50.6 Å². The molecule has 0 saturated heterocycles. The maximum Gasteiger partial charge on any atom is 0.240 e. The fourth-order valence-electron chi connectivity index (χ4n) is 4.17. The molecule has 7 nitrogen and oxygen atoms in total. The van der Waals surface area contributed by atoms with Crippen LogP contribution in [0.5, 0.6) is 0 Å². The van der Waals surface area contributed by atoms with Gasteiger partial charge in [-0.15, -0.1) is 0 Å². The Hall–Kier alpha value is -2.19. The number of imidazole rings is 1. The Bertz CT molecular complexity index is 983. The molecule has 0 aliphatic carbocycles. The van der Waals surface area contributed by atoms with Gasteiger partial charge in [-0.2, -0.15) is 0 Å². The third kappa shape index (κ3) is 3.39. The van der Waals surface area contributed by atoms with Gasteiger partial charge in [-0.1, -0.05) is 0 Å². The lowest BCUT2D eigenvalue weighted by molar-refractivity contribution is -0.116. The van der Waals surface area contributed by atoms with Crippen molar-refractivity contribution in [3.8, 4) is 0 Å². The van der Waals surface area contributed by atoms with E-state index >= 15 is 0 Å². The van der Waals surface area contributed by atoms with Crippen molar-refractivity contribution in [1.82, 2.24) is 14.3 Å². The topological polar surface area (TPSA) is 84.3 Å². The van der Waals surface area contributed by atoms with Crippen LogP contribution in [0.15, 0.2) is 35.5 Å². The van der Waals surface area contributed by atoms with Gasteiger partial charge in [0.1, 0.15) is 5.82 Å². The number of carbonyl (C=O) groups excluding carboxylic acids is 1. The minimum Gasteiger partial charge on any atom is -0.335 e. The van der Waals surface area contributed by atoms with Crippen LogP contribution in [-0.4, -0.2) is 36.5 Å². The van der Waals surface area contributed by atoms with Gasteiger partial charge in [-0.05, 0) is 49.4 Å². The third-order valence-corrected chi connectivity index (χ3v) is 6.93. The molecule has 1 N–H and O–H groups in total. The molecule has 3 heterocycles. The zero-order chi connectivity index (χ0) is 19.2. The lowest BCUT2D eigenvalue weighted by atomic mass is 10.00. The van der Waals surface area contributed by atoms with Crippen molar-refractivity contribution >= 4 is 21.6 Å². The summed E-state index contributed by atoms with van der Waals surface area (Å²) in [6.45, 7) is 4.70. The number of aryl methyl sites for hydroxylation is 1. The summed E-state index contributed by atoms with van der Waals surface area (Å²) in [6, 6.07) is 5.08. The van der Waals surface area contributed by atoms with Crippen molar-refractivity contribution in [3.63, 3.8) is 0 Å². The average Bonchev–Trinajstić information content (AvgIpc) is 3.21. The molecule has 0 spiro atoms. The number of anilines is 1. The molecule has 2 aromatic rings. The lowest BCUT2D eigenvalue weighted by Gasteiger charge is -2.24. The van der Waals surface area contributed by atoms with E-state index in [1.807, 2.05) is 13.1 Å². The van der Waals surface area contributed by atoms with Crippen LogP contribution < -0.4 is 9.62 Å². The zero-order valence-corrected chi connectivity index (χ0v) is 16.4. The lowest BCUT2D eigenvalue weighted by Crippen LogP contribution is -2.34. The van der Waals surface area contributed by atoms with Crippen LogP contribution in [0.1, 0.15) is 31.7 Å². The second-order valence-corrected chi connectivity index (χ2v) is 9.25. The maximum atomic E-state index is 12.8. The molecule has 0 fully saturated rings. The third-order valence-electron chi connectivity index (χ3n) is 5.51. The maximum absolute atomic E-state index is 12.8. The SMILES string of the molecule is CC(=O)N1c2ccc(S(=O)(=O)NC[C@H]3CCc4nccn4C3)cc2C[C@H]1C. The van der Waals surface area contributed by atoms with Crippen LogP contribution in [0, 0.1) is 5.92 Å².